The van der Waals surface area contributed by atoms with Gasteiger partial charge in [0.25, 0.3) is 0 Å². The summed E-state index contributed by atoms with van der Waals surface area (Å²) in [6.45, 7) is -0.177. The third kappa shape index (κ3) is 4.86. The minimum Gasteiger partial charge on any atom is -0.389 e. The summed E-state index contributed by atoms with van der Waals surface area (Å²) in [5, 5.41) is 9.40. The van der Waals surface area contributed by atoms with Crippen LogP contribution < -0.4 is 4.72 Å². The average Bonchev–Trinajstić information content (AvgIpc) is 2.25. The Balaban J connectivity index is 2.95. The molecule has 0 fully saturated rings. The third-order valence-electron chi connectivity index (χ3n) is 2.10. The molecule has 108 valence electrons. The zero-order valence-electron chi connectivity index (χ0n) is 9.86. The third-order valence-corrected chi connectivity index (χ3v) is 4.90. The van der Waals surface area contributed by atoms with Crippen molar-refractivity contribution >= 4 is 49.2 Å². The van der Waals surface area contributed by atoms with Gasteiger partial charge in [0.1, 0.15) is 4.90 Å². The van der Waals surface area contributed by atoms with Gasteiger partial charge in [0, 0.05) is 18.1 Å². The molecular weight excluding hydrogens is 381 g/mol. The van der Waals surface area contributed by atoms with Crippen molar-refractivity contribution in [2.24, 2.45) is 0 Å². The van der Waals surface area contributed by atoms with Crippen molar-refractivity contribution < 1.29 is 18.3 Å². The number of halogens is 3. The molecule has 0 aliphatic carbocycles. The molecule has 0 saturated carbocycles. The number of rotatable bonds is 6. The van der Waals surface area contributed by atoms with Crippen LogP contribution in [0.4, 0.5) is 0 Å². The second kappa shape index (κ2) is 7.21. The fourth-order valence-electron chi connectivity index (χ4n) is 1.32. The molecule has 0 spiro atoms. The van der Waals surface area contributed by atoms with Crippen molar-refractivity contribution in [3.8, 4) is 0 Å². The second-order valence-corrected chi connectivity index (χ2v) is 7.09. The molecule has 0 aliphatic heterocycles. The molecule has 9 heteroatoms. The molecule has 19 heavy (non-hydrogen) atoms. The van der Waals surface area contributed by atoms with Crippen LogP contribution in [0.15, 0.2) is 21.5 Å². The molecule has 0 radical (unpaired) electrons. The lowest BCUT2D eigenvalue weighted by molar-refractivity contribution is 0.0679. The first kappa shape index (κ1) is 17.2. The van der Waals surface area contributed by atoms with Crippen molar-refractivity contribution in [2.75, 3.05) is 20.3 Å². The SMILES string of the molecule is COCC(O)CNS(=O)(=O)c1c(Cl)cc(Br)cc1Cl. The number of aliphatic hydroxyl groups is 1. The second-order valence-electron chi connectivity index (χ2n) is 3.66. The van der Waals surface area contributed by atoms with Crippen LogP contribution in [-0.2, 0) is 14.8 Å². The topological polar surface area (TPSA) is 75.6 Å². The van der Waals surface area contributed by atoms with Crippen molar-refractivity contribution in [2.45, 2.75) is 11.0 Å². The normalized spacial score (nSPS) is 13.5. The van der Waals surface area contributed by atoms with Gasteiger partial charge in [0.05, 0.1) is 22.8 Å². The fourth-order valence-corrected chi connectivity index (χ4v) is 4.32. The Kier molecular flexibility index (Phi) is 6.52. The highest BCUT2D eigenvalue weighted by atomic mass is 79.9. The number of ether oxygens (including phenoxy) is 1. The lowest BCUT2D eigenvalue weighted by atomic mass is 10.4. The highest BCUT2D eigenvalue weighted by Crippen LogP contribution is 2.32. The molecule has 2 N–H and O–H groups in total. The van der Waals surface area contributed by atoms with Gasteiger partial charge in [-0.25, -0.2) is 13.1 Å². The molecule has 1 aromatic rings. The molecule has 0 aliphatic rings. The number of nitrogens with one attached hydrogen (secondary N) is 1. The summed E-state index contributed by atoms with van der Waals surface area (Å²) in [5.41, 5.74) is 0. The summed E-state index contributed by atoms with van der Waals surface area (Å²) in [6, 6.07) is 2.85. The van der Waals surface area contributed by atoms with E-state index >= 15 is 0 Å². The Morgan fingerprint density at radius 1 is 1.42 bits per heavy atom. The number of methoxy groups -OCH3 is 1. The Morgan fingerprint density at radius 2 is 1.95 bits per heavy atom. The zero-order chi connectivity index (χ0) is 14.6. The maximum Gasteiger partial charge on any atom is 0.243 e. The van der Waals surface area contributed by atoms with E-state index in [0.29, 0.717) is 4.47 Å². The summed E-state index contributed by atoms with van der Waals surface area (Å²) < 4.78 is 31.6. The number of benzene rings is 1. The Hall–Kier alpha value is 0.110. The maximum absolute atomic E-state index is 12.0. The van der Waals surface area contributed by atoms with E-state index in [1.165, 1.54) is 19.2 Å². The Labute approximate surface area is 130 Å². The van der Waals surface area contributed by atoms with Crippen LogP contribution in [0.25, 0.3) is 0 Å². The Bertz CT molecular complexity index is 529. The first-order valence-electron chi connectivity index (χ1n) is 5.09. The molecule has 1 rings (SSSR count). The van der Waals surface area contributed by atoms with E-state index in [0.717, 1.165) is 0 Å². The highest BCUT2D eigenvalue weighted by molar-refractivity contribution is 9.10. The van der Waals surface area contributed by atoms with Gasteiger partial charge in [-0.15, -0.1) is 0 Å². The predicted octanol–water partition coefficient (Wildman–Crippen LogP) is 2.04. The van der Waals surface area contributed by atoms with Crippen LogP contribution in [0.5, 0.6) is 0 Å². The maximum atomic E-state index is 12.0. The summed E-state index contributed by atoms with van der Waals surface area (Å²) in [5.74, 6) is 0. The van der Waals surface area contributed by atoms with E-state index in [2.05, 4.69) is 20.7 Å². The van der Waals surface area contributed by atoms with Gasteiger partial charge in [-0.2, -0.15) is 0 Å². The van der Waals surface area contributed by atoms with E-state index in [9.17, 15) is 13.5 Å². The lowest BCUT2D eigenvalue weighted by Gasteiger charge is -2.13. The molecular formula is C10H12BrCl2NO4S. The lowest BCUT2D eigenvalue weighted by Crippen LogP contribution is -2.34. The smallest absolute Gasteiger partial charge is 0.243 e. The molecule has 0 bridgehead atoms. The van der Waals surface area contributed by atoms with E-state index in [1.807, 2.05) is 0 Å². The quantitative estimate of drug-likeness (QED) is 0.776. The number of hydrogen-bond acceptors (Lipinski definition) is 4. The van der Waals surface area contributed by atoms with Crippen molar-refractivity contribution in [3.63, 3.8) is 0 Å². The summed E-state index contributed by atoms with van der Waals surface area (Å²) in [4.78, 5) is -0.219. The standard InChI is InChI=1S/C10H12BrCl2NO4S/c1-18-5-7(15)4-14-19(16,17)10-8(12)2-6(11)3-9(10)13/h2-3,7,14-15H,4-5H2,1H3. The molecule has 5 nitrogen and oxygen atoms in total. The highest BCUT2D eigenvalue weighted by Gasteiger charge is 2.23. The van der Waals surface area contributed by atoms with Gasteiger partial charge in [-0.3, -0.25) is 0 Å². The molecule has 0 heterocycles. The van der Waals surface area contributed by atoms with E-state index in [4.69, 9.17) is 27.9 Å². The van der Waals surface area contributed by atoms with Gasteiger partial charge in [-0.1, -0.05) is 39.1 Å². The molecule has 1 unspecified atom stereocenters. The average molecular weight is 393 g/mol. The van der Waals surface area contributed by atoms with Crippen molar-refractivity contribution in [3.05, 3.63) is 26.7 Å². The molecule has 0 aromatic heterocycles. The van der Waals surface area contributed by atoms with Crippen LogP contribution >= 0.6 is 39.1 Å². The zero-order valence-corrected chi connectivity index (χ0v) is 13.8. The number of sulfonamides is 1. The van der Waals surface area contributed by atoms with Gasteiger partial charge in [0.15, 0.2) is 0 Å². The Morgan fingerprint density at radius 3 is 2.42 bits per heavy atom. The molecule has 0 amide bonds. The first-order chi connectivity index (χ1) is 8.77. The fraction of sp³-hybridized carbons (Fsp3) is 0.400. The van der Waals surface area contributed by atoms with E-state index in [-0.39, 0.29) is 28.1 Å². The van der Waals surface area contributed by atoms with Gasteiger partial charge in [-0.05, 0) is 12.1 Å². The summed E-state index contributed by atoms with van der Waals surface area (Å²) in [6.07, 6.45) is -0.951. The van der Waals surface area contributed by atoms with Crippen LogP contribution in [0.3, 0.4) is 0 Å². The van der Waals surface area contributed by atoms with Crippen molar-refractivity contribution in [1.29, 1.82) is 0 Å². The van der Waals surface area contributed by atoms with Crippen LogP contribution in [-0.4, -0.2) is 39.9 Å². The molecule has 1 aromatic carbocycles. The van der Waals surface area contributed by atoms with Crippen LogP contribution in [0.1, 0.15) is 0 Å². The van der Waals surface area contributed by atoms with E-state index < -0.39 is 16.1 Å². The minimum absolute atomic E-state index is 0.00638. The number of aliphatic hydroxyl groups excluding tert-OH is 1. The first-order valence-corrected chi connectivity index (χ1v) is 8.12. The minimum atomic E-state index is -3.90. The summed E-state index contributed by atoms with van der Waals surface area (Å²) >= 11 is 14.9. The molecule has 0 saturated heterocycles. The van der Waals surface area contributed by atoms with Gasteiger partial charge in [0.2, 0.25) is 10.0 Å². The van der Waals surface area contributed by atoms with Gasteiger partial charge >= 0.3 is 0 Å². The largest absolute Gasteiger partial charge is 0.389 e. The van der Waals surface area contributed by atoms with Crippen LogP contribution in [0.2, 0.25) is 10.0 Å². The van der Waals surface area contributed by atoms with E-state index in [1.54, 1.807) is 0 Å². The van der Waals surface area contributed by atoms with Crippen molar-refractivity contribution in [1.82, 2.24) is 4.72 Å². The van der Waals surface area contributed by atoms with Gasteiger partial charge < -0.3 is 9.84 Å². The molecule has 1 atom stereocenters. The van der Waals surface area contributed by atoms with Crippen LogP contribution in [0, 0.1) is 0 Å². The summed E-state index contributed by atoms with van der Waals surface area (Å²) in [7, 11) is -2.50. The predicted molar refractivity (Wildman–Crippen MR) is 77.2 cm³/mol. The number of hydrogen-bond donors (Lipinski definition) is 2. The monoisotopic (exact) mass is 391 g/mol.